The van der Waals surface area contributed by atoms with Crippen LogP contribution >= 0.6 is 11.3 Å². The van der Waals surface area contributed by atoms with E-state index in [2.05, 4.69) is 41.6 Å². The van der Waals surface area contributed by atoms with Crippen molar-refractivity contribution in [3.8, 4) is 5.75 Å². The fourth-order valence-electron chi connectivity index (χ4n) is 2.48. The van der Waals surface area contributed by atoms with Gasteiger partial charge in [-0.25, -0.2) is 0 Å². The normalized spacial score (nSPS) is 11.9. The molecule has 0 atom stereocenters. The number of benzene rings is 2. The molecule has 3 rings (SSSR count). The summed E-state index contributed by atoms with van der Waals surface area (Å²) >= 11 is 1.54. The van der Waals surface area contributed by atoms with E-state index < -0.39 is 0 Å². The van der Waals surface area contributed by atoms with Gasteiger partial charge < -0.3 is 9.30 Å². The molecule has 23 heavy (non-hydrogen) atoms. The van der Waals surface area contributed by atoms with Crippen molar-refractivity contribution in [2.45, 2.75) is 20.4 Å². The fourth-order valence-corrected chi connectivity index (χ4v) is 3.67. The van der Waals surface area contributed by atoms with Crippen LogP contribution in [0.5, 0.6) is 5.75 Å². The second-order valence-corrected chi connectivity index (χ2v) is 6.26. The Kier molecular flexibility index (Phi) is 4.30. The van der Waals surface area contributed by atoms with Crippen molar-refractivity contribution in [1.29, 1.82) is 0 Å². The van der Waals surface area contributed by atoms with Gasteiger partial charge in [0.2, 0.25) is 0 Å². The molecular weight excluding hydrogens is 308 g/mol. The van der Waals surface area contributed by atoms with Crippen LogP contribution in [-0.4, -0.2) is 17.6 Å². The van der Waals surface area contributed by atoms with E-state index in [9.17, 15) is 4.79 Å². The van der Waals surface area contributed by atoms with Crippen molar-refractivity contribution < 1.29 is 9.53 Å². The Hall–Kier alpha value is -2.40. The first-order valence-corrected chi connectivity index (χ1v) is 8.27. The molecule has 0 saturated carbocycles. The number of thiazole rings is 1. The predicted molar refractivity (Wildman–Crippen MR) is 93.1 cm³/mol. The summed E-state index contributed by atoms with van der Waals surface area (Å²) in [6, 6.07) is 13.4. The summed E-state index contributed by atoms with van der Waals surface area (Å²) in [5.74, 6) is 0.399. The van der Waals surface area contributed by atoms with Crippen molar-refractivity contribution in [2.24, 2.45) is 4.99 Å². The van der Waals surface area contributed by atoms with Crippen molar-refractivity contribution in [1.82, 2.24) is 4.57 Å². The zero-order valence-corrected chi connectivity index (χ0v) is 14.2. The van der Waals surface area contributed by atoms with Gasteiger partial charge >= 0.3 is 0 Å². The zero-order valence-electron chi connectivity index (χ0n) is 13.4. The van der Waals surface area contributed by atoms with Gasteiger partial charge in [-0.15, -0.1) is 0 Å². The Balaban J connectivity index is 2.11. The molecular formula is C18H18N2O2S. The standard InChI is InChI=1S/C18H18N2O2S/c1-4-20-15-9-8-12(2)10-16(15)23-18(20)19-17(21)13-6-5-7-14(11-13)22-3/h5-11H,4H2,1-3H3. The highest BCUT2D eigenvalue weighted by atomic mass is 32.1. The van der Waals surface area contributed by atoms with Crippen LogP contribution in [0.25, 0.3) is 10.2 Å². The van der Waals surface area contributed by atoms with Gasteiger partial charge in [0.25, 0.3) is 5.91 Å². The van der Waals surface area contributed by atoms with Crippen molar-refractivity contribution in [2.75, 3.05) is 7.11 Å². The number of hydrogen-bond acceptors (Lipinski definition) is 3. The first-order valence-electron chi connectivity index (χ1n) is 7.45. The average Bonchev–Trinajstić information content (AvgIpc) is 2.90. The highest BCUT2D eigenvalue weighted by molar-refractivity contribution is 7.16. The molecule has 0 spiro atoms. The molecule has 1 amide bonds. The van der Waals surface area contributed by atoms with Crippen molar-refractivity contribution in [3.05, 3.63) is 58.4 Å². The lowest BCUT2D eigenvalue weighted by atomic mass is 10.2. The quantitative estimate of drug-likeness (QED) is 0.735. The molecule has 1 heterocycles. The minimum absolute atomic E-state index is 0.255. The summed E-state index contributed by atoms with van der Waals surface area (Å²) in [5.41, 5.74) is 2.84. The average molecular weight is 326 g/mol. The summed E-state index contributed by atoms with van der Waals surface area (Å²) in [7, 11) is 1.58. The third-order valence-corrected chi connectivity index (χ3v) is 4.71. The van der Waals surface area contributed by atoms with E-state index >= 15 is 0 Å². The van der Waals surface area contributed by atoms with E-state index in [1.807, 2.05) is 6.07 Å². The molecule has 0 unspecified atom stereocenters. The van der Waals surface area contributed by atoms with E-state index in [0.29, 0.717) is 11.3 Å². The van der Waals surface area contributed by atoms with Gasteiger partial charge in [-0.2, -0.15) is 4.99 Å². The number of nitrogens with zero attached hydrogens (tertiary/aromatic N) is 2. The van der Waals surface area contributed by atoms with E-state index in [1.165, 1.54) is 16.9 Å². The van der Waals surface area contributed by atoms with Gasteiger partial charge in [0, 0.05) is 12.1 Å². The number of rotatable bonds is 3. The predicted octanol–water partition coefficient (Wildman–Crippen LogP) is 3.78. The first kappa shape index (κ1) is 15.5. The van der Waals surface area contributed by atoms with Gasteiger partial charge in [-0.3, -0.25) is 4.79 Å². The molecule has 4 nitrogen and oxygen atoms in total. The molecule has 0 aliphatic heterocycles. The van der Waals surface area contributed by atoms with Gasteiger partial charge in [0.15, 0.2) is 4.80 Å². The van der Waals surface area contributed by atoms with Crippen LogP contribution in [0.2, 0.25) is 0 Å². The summed E-state index contributed by atoms with van der Waals surface area (Å²) in [5, 5.41) is 0. The number of hydrogen-bond donors (Lipinski definition) is 0. The summed E-state index contributed by atoms with van der Waals surface area (Å²) in [4.78, 5) is 17.5. The molecule has 1 aromatic heterocycles. The van der Waals surface area contributed by atoms with Gasteiger partial charge in [0.05, 0.1) is 17.3 Å². The minimum Gasteiger partial charge on any atom is -0.497 e. The number of ether oxygens (including phenoxy) is 1. The topological polar surface area (TPSA) is 43.6 Å². The molecule has 0 bridgehead atoms. The van der Waals surface area contributed by atoms with Crippen LogP contribution in [0.4, 0.5) is 0 Å². The third kappa shape index (κ3) is 3.05. The van der Waals surface area contributed by atoms with Gasteiger partial charge in [-0.1, -0.05) is 23.5 Å². The lowest BCUT2D eigenvalue weighted by molar-refractivity contribution is 0.0997. The summed E-state index contributed by atoms with van der Waals surface area (Å²) in [6.45, 7) is 4.89. The molecule has 0 aliphatic carbocycles. The highest BCUT2D eigenvalue weighted by Gasteiger charge is 2.09. The van der Waals surface area contributed by atoms with Crippen molar-refractivity contribution in [3.63, 3.8) is 0 Å². The lowest BCUT2D eigenvalue weighted by Crippen LogP contribution is -2.15. The molecule has 118 valence electrons. The third-order valence-electron chi connectivity index (χ3n) is 3.67. The van der Waals surface area contributed by atoms with Crippen LogP contribution < -0.4 is 9.54 Å². The van der Waals surface area contributed by atoms with E-state index in [0.717, 1.165) is 21.6 Å². The number of aryl methyl sites for hydroxylation is 2. The number of aromatic nitrogens is 1. The molecule has 0 N–H and O–H groups in total. The molecule has 0 radical (unpaired) electrons. The minimum atomic E-state index is -0.255. The molecule has 5 heteroatoms. The molecule has 0 fully saturated rings. The Bertz CT molecular complexity index is 938. The van der Waals surface area contributed by atoms with E-state index in [-0.39, 0.29) is 5.91 Å². The SMILES string of the molecule is CCn1c(=NC(=O)c2cccc(OC)c2)sc2cc(C)ccc21. The summed E-state index contributed by atoms with van der Waals surface area (Å²) < 4.78 is 8.37. The maximum absolute atomic E-state index is 12.5. The second-order valence-electron chi connectivity index (χ2n) is 5.25. The number of carbonyl (C=O) groups is 1. The van der Waals surface area contributed by atoms with Crippen LogP contribution in [0.1, 0.15) is 22.8 Å². The number of carbonyl (C=O) groups excluding carboxylic acids is 1. The van der Waals surface area contributed by atoms with Crippen LogP contribution in [0.3, 0.4) is 0 Å². The van der Waals surface area contributed by atoms with E-state index in [4.69, 9.17) is 4.74 Å². The summed E-state index contributed by atoms with van der Waals surface area (Å²) in [6.07, 6.45) is 0. The molecule has 3 aromatic rings. The number of methoxy groups -OCH3 is 1. The first-order chi connectivity index (χ1) is 11.1. The Morgan fingerprint density at radius 3 is 2.83 bits per heavy atom. The zero-order chi connectivity index (χ0) is 16.4. The smallest absolute Gasteiger partial charge is 0.279 e. The Morgan fingerprint density at radius 2 is 2.09 bits per heavy atom. The Morgan fingerprint density at radius 1 is 1.26 bits per heavy atom. The van der Waals surface area contributed by atoms with Gasteiger partial charge in [-0.05, 0) is 49.7 Å². The number of fused-ring (bicyclic) bond motifs is 1. The van der Waals surface area contributed by atoms with Crippen LogP contribution in [0, 0.1) is 6.92 Å². The Labute approximate surface area is 138 Å². The van der Waals surface area contributed by atoms with Gasteiger partial charge in [0.1, 0.15) is 5.75 Å². The largest absolute Gasteiger partial charge is 0.497 e. The monoisotopic (exact) mass is 326 g/mol. The highest BCUT2D eigenvalue weighted by Crippen LogP contribution is 2.19. The number of amides is 1. The maximum atomic E-state index is 12.5. The van der Waals surface area contributed by atoms with Crippen molar-refractivity contribution >= 4 is 27.5 Å². The molecule has 0 saturated heterocycles. The molecule has 0 aliphatic rings. The lowest BCUT2D eigenvalue weighted by Gasteiger charge is -2.02. The van der Waals surface area contributed by atoms with Crippen LogP contribution in [-0.2, 0) is 6.54 Å². The van der Waals surface area contributed by atoms with E-state index in [1.54, 1.807) is 25.3 Å². The van der Waals surface area contributed by atoms with Crippen LogP contribution in [0.15, 0.2) is 47.5 Å². The second kappa shape index (κ2) is 6.38. The maximum Gasteiger partial charge on any atom is 0.279 e. The fraction of sp³-hybridized carbons (Fsp3) is 0.222. The molecule has 2 aromatic carbocycles.